The van der Waals surface area contributed by atoms with Crippen molar-refractivity contribution in [2.24, 2.45) is 0 Å². The normalized spacial score (nSPS) is 16.7. The predicted molar refractivity (Wildman–Crippen MR) is 126 cm³/mol. The number of benzene rings is 3. The van der Waals surface area contributed by atoms with Gasteiger partial charge >= 0.3 is 0 Å². The fourth-order valence-electron chi connectivity index (χ4n) is 4.72. The Kier molecular flexibility index (Phi) is 4.71. The molecule has 0 unspecified atom stereocenters. The van der Waals surface area contributed by atoms with Crippen LogP contribution in [0.4, 0.5) is 14.5 Å². The Morgan fingerprint density at radius 3 is 2.58 bits per heavy atom. The zero-order chi connectivity index (χ0) is 23.5. The van der Waals surface area contributed by atoms with Gasteiger partial charge in [0.1, 0.15) is 11.5 Å². The van der Waals surface area contributed by atoms with Crippen molar-refractivity contribution in [1.82, 2.24) is 0 Å². The van der Waals surface area contributed by atoms with Gasteiger partial charge in [0.05, 0.1) is 18.2 Å². The van der Waals surface area contributed by atoms with Gasteiger partial charge in [-0.1, -0.05) is 24.3 Å². The number of halogens is 2. The standard InChI is InChI=1S/C27H23F2NO3/c1-14-13-27(2,3)30-18-9-8-16-23(22(14)18)21(12-15-6-5-7-17(28)25(15)29)33-20-11-10-19(31)26(32-4)24(16)20/h5-13,30-31H,1-4H3. The molecule has 3 aromatic rings. The molecule has 4 nitrogen and oxygen atoms in total. The third kappa shape index (κ3) is 3.33. The summed E-state index contributed by atoms with van der Waals surface area (Å²) in [6.45, 7) is 6.16. The summed E-state index contributed by atoms with van der Waals surface area (Å²) in [4.78, 5) is 0. The van der Waals surface area contributed by atoms with Gasteiger partial charge in [-0.25, -0.2) is 8.78 Å². The van der Waals surface area contributed by atoms with Gasteiger partial charge < -0.3 is 19.9 Å². The minimum Gasteiger partial charge on any atom is -0.504 e. The molecule has 3 aromatic carbocycles. The number of methoxy groups -OCH3 is 1. The van der Waals surface area contributed by atoms with Crippen LogP contribution in [0, 0.1) is 11.6 Å². The average molecular weight is 447 g/mol. The first kappa shape index (κ1) is 21.1. The van der Waals surface area contributed by atoms with Gasteiger partial charge in [0.2, 0.25) is 0 Å². The van der Waals surface area contributed by atoms with Gasteiger partial charge in [0.25, 0.3) is 0 Å². The molecule has 2 aliphatic heterocycles. The zero-order valence-corrected chi connectivity index (χ0v) is 18.7. The molecule has 2 heterocycles. The van der Waals surface area contributed by atoms with E-state index >= 15 is 0 Å². The summed E-state index contributed by atoms with van der Waals surface area (Å²) in [5, 5.41) is 13.9. The Bertz CT molecular complexity index is 1370. The van der Waals surface area contributed by atoms with Crippen molar-refractivity contribution in [2.45, 2.75) is 26.3 Å². The average Bonchev–Trinajstić information content (AvgIpc) is 2.75. The molecule has 0 atom stereocenters. The van der Waals surface area contributed by atoms with Crippen LogP contribution in [0.1, 0.15) is 37.5 Å². The summed E-state index contributed by atoms with van der Waals surface area (Å²) in [6, 6.07) is 11.1. The highest BCUT2D eigenvalue weighted by atomic mass is 19.2. The van der Waals surface area contributed by atoms with E-state index in [0.717, 1.165) is 28.5 Å². The second-order valence-corrected chi connectivity index (χ2v) is 8.83. The van der Waals surface area contributed by atoms with Crippen LogP contribution in [0.3, 0.4) is 0 Å². The van der Waals surface area contributed by atoms with Crippen LogP contribution in [-0.2, 0) is 0 Å². The van der Waals surface area contributed by atoms with E-state index in [-0.39, 0.29) is 22.6 Å². The molecule has 2 aliphatic rings. The number of phenols is 1. The van der Waals surface area contributed by atoms with E-state index in [1.165, 1.54) is 31.4 Å². The molecule has 33 heavy (non-hydrogen) atoms. The summed E-state index contributed by atoms with van der Waals surface area (Å²) < 4.78 is 40.2. The summed E-state index contributed by atoms with van der Waals surface area (Å²) in [5.74, 6) is -0.775. The van der Waals surface area contributed by atoms with Crippen LogP contribution in [0.25, 0.3) is 28.5 Å². The Labute approximate surface area is 190 Å². The second kappa shape index (κ2) is 7.37. The van der Waals surface area contributed by atoms with E-state index < -0.39 is 11.6 Å². The van der Waals surface area contributed by atoms with Crippen molar-refractivity contribution in [3.05, 3.63) is 76.9 Å². The van der Waals surface area contributed by atoms with Gasteiger partial charge in [-0.15, -0.1) is 0 Å². The maximum atomic E-state index is 14.6. The first-order valence-electron chi connectivity index (χ1n) is 10.6. The lowest BCUT2D eigenvalue weighted by atomic mass is 9.82. The third-order valence-corrected chi connectivity index (χ3v) is 5.94. The molecular weight excluding hydrogens is 424 g/mol. The predicted octanol–water partition coefficient (Wildman–Crippen LogP) is 6.84. The molecule has 2 N–H and O–H groups in total. The van der Waals surface area contributed by atoms with Crippen LogP contribution < -0.4 is 14.8 Å². The minimum atomic E-state index is -0.944. The molecule has 0 radical (unpaired) electrons. The van der Waals surface area contributed by atoms with E-state index in [4.69, 9.17) is 9.47 Å². The second-order valence-electron chi connectivity index (χ2n) is 8.83. The number of fused-ring (bicyclic) bond motifs is 5. The van der Waals surface area contributed by atoms with Crippen molar-refractivity contribution in [1.29, 1.82) is 0 Å². The SMILES string of the molecule is COc1c(O)ccc2c1-c1ccc3c(c1C(=Cc1cccc(F)c1F)O2)C(C)=CC(C)(C)N3. The molecule has 0 saturated heterocycles. The van der Waals surface area contributed by atoms with Crippen molar-refractivity contribution in [2.75, 3.05) is 12.4 Å². The first-order chi connectivity index (χ1) is 15.7. The van der Waals surface area contributed by atoms with Crippen molar-refractivity contribution >= 4 is 23.1 Å². The van der Waals surface area contributed by atoms with Crippen LogP contribution in [-0.4, -0.2) is 17.8 Å². The van der Waals surface area contributed by atoms with Crippen molar-refractivity contribution in [3.63, 3.8) is 0 Å². The number of rotatable bonds is 2. The van der Waals surface area contributed by atoms with E-state index in [9.17, 15) is 13.9 Å². The maximum Gasteiger partial charge on any atom is 0.172 e. The number of aromatic hydroxyl groups is 1. The van der Waals surface area contributed by atoms with E-state index in [1.54, 1.807) is 6.07 Å². The van der Waals surface area contributed by atoms with Crippen molar-refractivity contribution in [3.8, 4) is 28.4 Å². The quantitative estimate of drug-likeness (QED) is 0.451. The highest BCUT2D eigenvalue weighted by Gasteiger charge is 2.33. The van der Waals surface area contributed by atoms with Crippen LogP contribution >= 0.6 is 0 Å². The van der Waals surface area contributed by atoms with E-state index in [2.05, 4.69) is 25.2 Å². The maximum absolute atomic E-state index is 14.6. The number of allylic oxidation sites excluding steroid dienone is 1. The first-order valence-corrected chi connectivity index (χ1v) is 10.6. The fraction of sp³-hybridized carbons (Fsp3) is 0.185. The van der Waals surface area contributed by atoms with Gasteiger partial charge in [-0.3, -0.25) is 0 Å². The highest BCUT2D eigenvalue weighted by Crippen LogP contribution is 2.54. The number of anilines is 1. The molecule has 168 valence electrons. The van der Waals surface area contributed by atoms with Crippen LogP contribution in [0.2, 0.25) is 0 Å². The van der Waals surface area contributed by atoms with E-state index in [1.807, 2.05) is 19.1 Å². The number of ether oxygens (including phenoxy) is 2. The fourth-order valence-corrected chi connectivity index (χ4v) is 4.72. The molecule has 0 bridgehead atoms. The van der Waals surface area contributed by atoms with Gasteiger partial charge in [0.15, 0.2) is 23.1 Å². The third-order valence-electron chi connectivity index (χ3n) is 5.94. The molecule has 0 fully saturated rings. The summed E-state index contributed by atoms with van der Waals surface area (Å²) in [7, 11) is 1.48. The summed E-state index contributed by atoms with van der Waals surface area (Å²) >= 11 is 0. The minimum absolute atomic E-state index is 0.0151. The Morgan fingerprint density at radius 2 is 1.82 bits per heavy atom. The van der Waals surface area contributed by atoms with E-state index in [0.29, 0.717) is 22.6 Å². The van der Waals surface area contributed by atoms with Crippen molar-refractivity contribution < 1.29 is 23.4 Å². The Hall–Kier alpha value is -3.80. The molecule has 0 amide bonds. The number of hydrogen-bond donors (Lipinski definition) is 2. The molecule has 0 aromatic heterocycles. The number of phenolic OH excluding ortho intramolecular Hbond substituents is 1. The lowest BCUT2D eigenvalue weighted by Crippen LogP contribution is -2.32. The van der Waals surface area contributed by atoms with Gasteiger partial charge in [-0.2, -0.15) is 0 Å². The Morgan fingerprint density at radius 1 is 1.03 bits per heavy atom. The lowest BCUT2D eigenvalue weighted by Gasteiger charge is -2.35. The summed E-state index contributed by atoms with van der Waals surface area (Å²) in [6.07, 6.45) is 3.62. The molecule has 0 saturated carbocycles. The molecular formula is C27H23F2NO3. The number of hydrogen-bond acceptors (Lipinski definition) is 4. The van der Waals surface area contributed by atoms with Gasteiger partial charge in [0, 0.05) is 27.9 Å². The van der Waals surface area contributed by atoms with Gasteiger partial charge in [-0.05, 0) is 56.7 Å². The molecule has 0 spiro atoms. The molecule has 5 rings (SSSR count). The Balaban J connectivity index is 1.85. The van der Waals surface area contributed by atoms with Crippen LogP contribution in [0.5, 0.6) is 17.2 Å². The monoisotopic (exact) mass is 447 g/mol. The number of nitrogens with one attached hydrogen (secondary N) is 1. The van der Waals surface area contributed by atoms with Crippen LogP contribution in [0.15, 0.2) is 48.5 Å². The molecule has 0 aliphatic carbocycles. The highest BCUT2D eigenvalue weighted by molar-refractivity contribution is 6.02. The molecule has 6 heteroatoms. The smallest absolute Gasteiger partial charge is 0.172 e. The topological polar surface area (TPSA) is 50.7 Å². The zero-order valence-electron chi connectivity index (χ0n) is 18.7. The largest absolute Gasteiger partial charge is 0.504 e. The summed E-state index contributed by atoms with van der Waals surface area (Å²) in [5.41, 5.74) is 4.71. The lowest BCUT2D eigenvalue weighted by molar-refractivity contribution is 0.371.